The zero-order valence-electron chi connectivity index (χ0n) is 6.80. The molecule has 1 saturated heterocycles. The zero-order chi connectivity index (χ0) is 8.69. The van der Waals surface area contributed by atoms with E-state index in [-0.39, 0.29) is 0 Å². The van der Waals surface area contributed by atoms with Crippen LogP contribution in [-0.4, -0.2) is 50.1 Å². The Bertz CT molecular complexity index is 76.7. The Kier molecular flexibility index (Phi) is 8.66. The van der Waals surface area contributed by atoms with Gasteiger partial charge >= 0.3 is 35.3 Å². The molecule has 70 valence electrons. The third-order valence-electron chi connectivity index (χ3n) is 1.73. The molecule has 0 amide bonds. The minimum atomic E-state index is -0.472. The van der Waals surface area contributed by atoms with Gasteiger partial charge in [-0.3, -0.25) is 0 Å². The van der Waals surface area contributed by atoms with Crippen LogP contribution in [0.15, 0.2) is 0 Å². The Morgan fingerprint density at radius 2 is 1.09 bits per heavy atom. The van der Waals surface area contributed by atoms with Crippen LogP contribution in [-0.2, 0) is 16.5 Å². The molecule has 1 rings (SSSR count). The van der Waals surface area contributed by atoms with E-state index < -0.39 is 16.5 Å². The molecule has 0 radical (unpaired) electrons. The van der Waals surface area contributed by atoms with Gasteiger partial charge < -0.3 is 9.80 Å². The fraction of sp³-hybridized carbons (Fsp3) is 1.00. The summed E-state index contributed by atoms with van der Waals surface area (Å²) in [6, 6.07) is 0. The van der Waals surface area contributed by atoms with Gasteiger partial charge in [-0.2, -0.15) is 0 Å². The van der Waals surface area contributed by atoms with Crippen LogP contribution in [0, 0.1) is 0 Å². The molecule has 0 aromatic rings. The van der Waals surface area contributed by atoms with Crippen molar-refractivity contribution in [3.8, 4) is 0 Å². The van der Waals surface area contributed by atoms with Crippen LogP contribution in [0.5, 0.6) is 0 Å². The Balaban J connectivity index is 0.000000292. The van der Waals surface area contributed by atoms with Gasteiger partial charge in [-0.15, -0.1) is 0 Å². The molecule has 1 fully saturated rings. The SMILES string of the molecule is CN1CCN(C)CC1.[Cl][Pt+2][Cl]. The van der Waals surface area contributed by atoms with E-state index >= 15 is 0 Å². The van der Waals surface area contributed by atoms with Gasteiger partial charge in [0.25, 0.3) is 0 Å². The van der Waals surface area contributed by atoms with E-state index in [0.29, 0.717) is 0 Å². The minimum absolute atomic E-state index is 0.472. The third-order valence-corrected chi connectivity index (χ3v) is 1.73. The fourth-order valence-corrected chi connectivity index (χ4v) is 0.906. The first-order valence-electron chi connectivity index (χ1n) is 3.40. The van der Waals surface area contributed by atoms with E-state index in [9.17, 15) is 0 Å². The van der Waals surface area contributed by atoms with Crippen molar-refractivity contribution in [2.75, 3.05) is 40.3 Å². The number of nitrogens with zero attached hydrogens (tertiary/aromatic N) is 2. The van der Waals surface area contributed by atoms with Crippen molar-refractivity contribution in [1.82, 2.24) is 9.80 Å². The monoisotopic (exact) mass is 379 g/mol. The van der Waals surface area contributed by atoms with Gasteiger partial charge in [0.1, 0.15) is 0 Å². The molecule has 0 saturated carbocycles. The molecule has 0 aromatic carbocycles. The average molecular weight is 380 g/mol. The van der Waals surface area contributed by atoms with Crippen LogP contribution in [0.1, 0.15) is 0 Å². The van der Waals surface area contributed by atoms with Crippen LogP contribution < -0.4 is 0 Å². The summed E-state index contributed by atoms with van der Waals surface area (Å²) < 4.78 is 0. The molecule has 0 unspecified atom stereocenters. The first-order valence-corrected chi connectivity index (χ1v) is 9.03. The van der Waals surface area contributed by atoms with Gasteiger partial charge in [0.15, 0.2) is 0 Å². The number of hydrogen-bond acceptors (Lipinski definition) is 2. The van der Waals surface area contributed by atoms with E-state index in [0.717, 1.165) is 0 Å². The number of likely N-dealkylation sites (N-methyl/N-ethyl adjacent to an activating group) is 2. The first-order chi connectivity index (χ1) is 5.20. The maximum atomic E-state index is 4.88. The van der Waals surface area contributed by atoms with E-state index in [4.69, 9.17) is 18.8 Å². The summed E-state index contributed by atoms with van der Waals surface area (Å²) in [5.41, 5.74) is 0. The van der Waals surface area contributed by atoms with E-state index in [1.165, 1.54) is 26.2 Å². The predicted molar refractivity (Wildman–Crippen MR) is 46.7 cm³/mol. The van der Waals surface area contributed by atoms with E-state index in [1.54, 1.807) is 0 Å². The molecule has 11 heavy (non-hydrogen) atoms. The Morgan fingerprint density at radius 1 is 0.909 bits per heavy atom. The second kappa shape index (κ2) is 7.82. The summed E-state index contributed by atoms with van der Waals surface area (Å²) in [5, 5.41) is 0. The quantitative estimate of drug-likeness (QED) is 0.624. The van der Waals surface area contributed by atoms with Crippen LogP contribution in [0.25, 0.3) is 0 Å². The summed E-state index contributed by atoms with van der Waals surface area (Å²) in [7, 11) is 14.1. The number of halogens is 2. The van der Waals surface area contributed by atoms with Gasteiger partial charge in [-0.05, 0) is 14.1 Å². The molecule has 0 spiro atoms. The van der Waals surface area contributed by atoms with Crippen molar-refractivity contribution in [1.29, 1.82) is 0 Å². The average Bonchev–Trinajstić information content (AvgIpc) is 1.97. The normalized spacial score (nSPS) is 21.1. The summed E-state index contributed by atoms with van der Waals surface area (Å²) in [6.45, 7) is 4.93. The van der Waals surface area contributed by atoms with E-state index in [2.05, 4.69) is 23.9 Å². The molecule has 5 heteroatoms. The molecule has 0 bridgehead atoms. The summed E-state index contributed by atoms with van der Waals surface area (Å²) in [4.78, 5) is 4.72. The van der Waals surface area contributed by atoms with Crippen LogP contribution in [0.4, 0.5) is 0 Å². The molecular weight excluding hydrogens is 366 g/mol. The van der Waals surface area contributed by atoms with Crippen molar-refractivity contribution in [3.63, 3.8) is 0 Å². The first kappa shape index (κ1) is 12.2. The second-order valence-electron chi connectivity index (χ2n) is 2.65. The molecular formula is C6H14Cl2N2Pt+2. The number of piperazine rings is 1. The predicted octanol–water partition coefficient (Wildman–Crippen LogP) is 1.24. The Labute approximate surface area is 85.2 Å². The number of rotatable bonds is 0. The van der Waals surface area contributed by atoms with E-state index in [1.807, 2.05) is 0 Å². The summed E-state index contributed by atoms with van der Waals surface area (Å²) in [5.74, 6) is 0. The van der Waals surface area contributed by atoms with Crippen molar-refractivity contribution in [2.45, 2.75) is 0 Å². The van der Waals surface area contributed by atoms with Gasteiger partial charge in [-0.1, -0.05) is 0 Å². The van der Waals surface area contributed by atoms with Crippen molar-refractivity contribution in [3.05, 3.63) is 0 Å². The van der Waals surface area contributed by atoms with Crippen molar-refractivity contribution < 1.29 is 16.5 Å². The summed E-state index contributed by atoms with van der Waals surface area (Å²) >= 11 is -0.472. The molecule has 2 nitrogen and oxygen atoms in total. The number of hydrogen-bond donors (Lipinski definition) is 0. The third kappa shape index (κ3) is 7.55. The fourth-order valence-electron chi connectivity index (χ4n) is 0.906. The van der Waals surface area contributed by atoms with Gasteiger partial charge in [0.2, 0.25) is 0 Å². The van der Waals surface area contributed by atoms with Crippen molar-refractivity contribution >= 4 is 18.8 Å². The van der Waals surface area contributed by atoms with Gasteiger partial charge in [0, 0.05) is 26.2 Å². The Morgan fingerprint density at radius 3 is 1.27 bits per heavy atom. The molecule has 0 atom stereocenters. The van der Waals surface area contributed by atoms with Crippen LogP contribution >= 0.6 is 18.8 Å². The molecule has 1 aliphatic heterocycles. The summed E-state index contributed by atoms with van der Waals surface area (Å²) in [6.07, 6.45) is 0. The van der Waals surface area contributed by atoms with Gasteiger partial charge in [-0.25, -0.2) is 0 Å². The van der Waals surface area contributed by atoms with Crippen molar-refractivity contribution in [2.24, 2.45) is 0 Å². The molecule has 1 aliphatic rings. The topological polar surface area (TPSA) is 6.48 Å². The second-order valence-corrected chi connectivity index (χ2v) is 5.93. The van der Waals surface area contributed by atoms with Crippen LogP contribution in [0.2, 0.25) is 0 Å². The zero-order valence-corrected chi connectivity index (χ0v) is 10.6. The molecule has 0 aliphatic carbocycles. The maximum absolute atomic E-state index is 4.88. The Hall–Kier alpha value is 1.19. The molecule has 0 N–H and O–H groups in total. The molecule has 1 heterocycles. The molecule has 0 aromatic heterocycles. The van der Waals surface area contributed by atoms with Crippen LogP contribution in [0.3, 0.4) is 0 Å². The standard InChI is InChI=1S/C6H14N2.2ClH.Pt/c1-7-3-5-8(2)6-4-7;;;/h3-6H2,1-2H3;2*1H;/q;;;+4/p-2. The van der Waals surface area contributed by atoms with Gasteiger partial charge in [0.05, 0.1) is 0 Å².